The highest BCUT2D eigenvalue weighted by atomic mass is 32.2. The van der Waals surface area contributed by atoms with Gasteiger partial charge in [0.2, 0.25) is 22.7 Å². The Labute approximate surface area is 205 Å². The Balaban J connectivity index is 1.49. The van der Waals surface area contributed by atoms with E-state index in [4.69, 9.17) is 14.6 Å². The highest BCUT2D eigenvalue weighted by molar-refractivity contribution is 7.89. The fourth-order valence-corrected chi connectivity index (χ4v) is 5.13. The van der Waals surface area contributed by atoms with Crippen LogP contribution in [0.3, 0.4) is 0 Å². The topological polar surface area (TPSA) is 108 Å². The van der Waals surface area contributed by atoms with Crippen molar-refractivity contribution in [3.8, 4) is 22.6 Å². The zero-order valence-corrected chi connectivity index (χ0v) is 20.7. The predicted octanol–water partition coefficient (Wildman–Crippen LogP) is 4.70. The van der Waals surface area contributed by atoms with Crippen molar-refractivity contribution in [3.05, 3.63) is 71.8 Å². The predicted molar refractivity (Wildman–Crippen MR) is 134 cm³/mol. The molecule has 3 aromatic rings. The van der Waals surface area contributed by atoms with Crippen molar-refractivity contribution in [2.24, 2.45) is 5.14 Å². The molecule has 35 heavy (non-hydrogen) atoms. The Bertz CT molecular complexity index is 1440. The van der Waals surface area contributed by atoms with E-state index < -0.39 is 15.4 Å². The third kappa shape index (κ3) is 4.39. The van der Waals surface area contributed by atoms with Gasteiger partial charge in [0, 0.05) is 5.69 Å². The molecule has 7 nitrogen and oxygen atoms in total. The first-order valence-corrected chi connectivity index (χ1v) is 13.0. The van der Waals surface area contributed by atoms with Crippen LogP contribution >= 0.6 is 0 Å². The number of hydrogen-bond donors (Lipinski definition) is 2. The molecule has 1 aliphatic carbocycles. The van der Waals surface area contributed by atoms with E-state index in [1.54, 1.807) is 12.1 Å². The Hall–Kier alpha value is -3.36. The number of nitrogens with two attached hydrogens (primary N) is 1. The number of fused-ring (bicyclic) bond motifs is 1. The number of benzene rings is 3. The zero-order valence-electron chi connectivity index (χ0n) is 19.9. The summed E-state index contributed by atoms with van der Waals surface area (Å²) in [6, 6.07) is 18.0. The number of carbonyl (C=O) groups excluding carboxylic acids is 1. The van der Waals surface area contributed by atoms with E-state index in [1.165, 1.54) is 6.07 Å². The van der Waals surface area contributed by atoms with Gasteiger partial charge in [0.05, 0.1) is 10.3 Å². The molecule has 0 spiro atoms. The van der Waals surface area contributed by atoms with Crippen molar-refractivity contribution >= 4 is 21.6 Å². The van der Waals surface area contributed by atoms with E-state index in [0.717, 1.165) is 35.1 Å². The second kappa shape index (κ2) is 8.10. The number of amides is 1. The molecule has 1 aliphatic heterocycles. The number of rotatable bonds is 5. The minimum absolute atomic E-state index is 0.0454. The van der Waals surface area contributed by atoms with Crippen molar-refractivity contribution in [1.82, 2.24) is 0 Å². The van der Waals surface area contributed by atoms with Gasteiger partial charge in [-0.2, -0.15) is 0 Å². The van der Waals surface area contributed by atoms with E-state index in [9.17, 15) is 13.2 Å². The standard InChI is InChI=1S/C27H28N2O5S/c1-26(2,3)22-9-8-19(15-21(22)17-5-4-6-20(13-17)35(28,31)32)29-25(30)27(11-12-27)18-7-10-23-24(14-18)34-16-33-23/h4-10,13-15H,11-12,16H2,1-3H3,(H,29,30)(H2,28,31,32). The lowest BCUT2D eigenvalue weighted by Gasteiger charge is -2.25. The third-order valence-corrected chi connectivity index (χ3v) is 7.58. The molecule has 0 saturated heterocycles. The highest BCUT2D eigenvalue weighted by Gasteiger charge is 2.51. The molecule has 0 bridgehead atoms. The quantitative estimate of drug-likeness (QED) is 0.537. The van der Waals surface area contributed by atoms with Crippen LogP contribution in [0.5, 0.6) is 11.5 Å². The Kier molecular flexibility index (Phi) is 5.41. The van der Waals surface area contributed by atoms with E-state index in [1.807, 2.05) is 42.5 Å². The van der Waals surface area contributed by atoms with Crippen molar-refractivity contribution in [1.29, 1.82) is 0 Å². The van der Waals surface area contributed by atoms with Crippen LogP contribution < -0.4 is 19.9 Å². The molecular formula is C27H28N2O5S. The van der Waals surface area contributed by atoms with Crippen LogP contribution in [0, 0.1) is 0 Å². The summed E-state index contributed by atoms with van der Waals surface area (Å²) in [7, 11) is -3.85. The van der Waals surface area contributed by atoms with Crippen molar-refractivity contribution < 1.29 is 22.7 Å². The van der Waals surface area contributed by atoms with E-state index in [-0.39, 0.29) is 23.0 Å². The summed E-state index contributed by atoms with van der Waals surface area (Å²) >= 11 is 0. The van der Waals surface area contributed by atoms with Crippen LogP contribution in [0.1, 0.15) is 44.7 Å². The number of primary sulfonamides is 1. The molecule has 182 valence electrons. The van der Waals surface area contributed by atoms with Crippen LogP contribution in [0.15, 0.2) is 65.6 Å². The molecule has 0 radical (unpaired) electrons. The molecule has 3 N–H and O–H groups in total. The molecule has 0 unspecified atom stereocenters. The number of anilines is 1. The van der Waals surface area contributed by atoms with Gasteiger partial charge in [-0.1, -0.05) is 45.0 Å². The zero-order chi connectivity index (χ0) is 25.0. The van der Waals surface area contributed by atoms with Crippen LogP contribution in [0.2, 0.25) is 0 Å². The van der Waals surface area contributed by atoms with Gasteiger partial charge < -0.3 is 14.8 Å². The van der Waals surface area contributed by atoms with Crippen molar-refractivity contribution in [2.75, 3.05) is 12.1 Å². The Morgan fingerprint density at radius 1 is 0.971 bits per heavy atom. The number of nitrogens with one attached hydrogen (secondary N) is 1. The minimum Gasteiger partial charge on any atom is -0.454 e. The van der Waals surface area contributed by atoms with Gasteiger partial charge in [0.15, 0.2) is 11.5 Å². The maximum absolute atomic E-state index is 13.4. The molecule has 0 aromatic heterocycles. The van der Waals surface area contributed by atoms with Gasteiger partial charge in [-0.3, -0.25) is 4.79 Å². The first-order chi connectivity index (χ1) is 16.5. The van der Waals surface area contributed by atoms with Gasteiger partial charge >= 0.3 is 0 Å². The second-order valence-electron chi connectivity index (χ2n) is 10.2. The highest BCUT2D eigenvalue weighted by Crippen LogP contribution is 2.51. The summed E-state index contributed by atoms with van der Waals surface area (Å²) in [6.07, 6.45) is 1.50. The average Bonchev–Trinajstić information content (AvgIpc) is 3.49. The van der Waals surface area contributed by atoms with E-state index in [2.05, 4.69) is 26.1 Å². The van der Waals surface area contributed by atoms with Crippen molar-refractivity contribution in [2.45, 2.75) is 49.3 Å². The smallest absolute Gasteiger partial charge is 0.238 e. The molecular weight excluding hydrogens is 464 g/mol. The molecule has 2 aliphatic rings. The summed E-state index contributed by atoms with van der Waals surface area (Å²) in [5.41, 5.74) is 3.33. The van der Waals surface area contributed by atoms with Gasteiger partial charge in [-0.25, -0.2) is 13.6 Å². The maximum Gasteiger partial charge on any atom is 0.238 e. The lowest BCUT2D eigenvalue weighted by molar-refractivity contribution is -0.118. The van der Waals surface area contributed by atoms with E-state index in [0.29, 0.717) is 17.2 Å². The number of ether oxygens (including phenoxy) is 2. The lowest BCUT2D eigenvalue weighted by Crippen LogP contribution is -2.28. The maximum atomic E-state index is 13.4. The van der Waals surface area contributed by atoms with Crippen LogP contribution in [-0.4, -0.2) is 21.1 Å². The summed E-state index contributed by atoms with van der Waals surface area (Å²) in [4.78, 5) is 13.5. The fourth-order valence-electron chi connectivity index (χ4n) is 4.57. The third-order valence-electron chi connectivity index (χ3n) is 6.67. The van der Waals surface area contributed by atoms with Crippen molar-refractivity contribution in [3.63, 3.8) is 0 Å². The number of hydrogen-bond acceptors (Lipinski definition) is 5. The van der Waals surface area contributed by atoms with E-state index >= 15 is 0 Å². The summed E-state index contributed by atoms with van der Waals surface area (Å²) in [5, 5.41) is 8.46. The summed E-state index contributed by atoms with van der Waals surface area (Å²) < 4.78 is 34.8. The lowest BCUT2D eigenvalue weighted by atomic mass is 9.81. The first-order valence-electron chi connectivity index (χ1n) is 11.5. The van der Waals surface area contributed by atoms with Gasteiger partial charge in [0.1, 0.15) is 0 Å². The molecule has 3 aromatic carbocycles. The van der Waals surface area contributed by atoms with Crippen LogP contribution in [-0.2, 0) is 25.6 Å². The molecule has 0 atom stereocenters. The largest absolute Gasteiger partial charge is 0.454 e. The van der Waals surface area contributed by atoms with Crippen LogP contribution in [0.4, 0.5) is 5.69 Å². The van der Waals surface area contributed by atoms with Gasteiger partial charge in [-0.15, -0.1) is 0 Å². The number of sulfonamides is 1. The SMILES string of the molecule is CC(C)(C)c1ccc(NC(=O)C2(c3ccc4c(c3)OCO4)CC2)cc1-c1cccc(S(N)(=O)=O)c1. The Morgan fingerprint density at radius 2 is 1.71 bits per heavy atom. The molecule has 1 amide bonds. The molecule has 1 saturated carbocycles. The molecule has 5 rings (SSSR count). The average molecular weight is 493 g/mol. The fraction of sp³-hybridized carbons (Fsp3) is 0.296. The van der Waals surface area contributed by atoms with Crippen LogP contribution in [0.25, 0.3) is 11.1 Å². The molecule has 8 heteroatoms. The number of carbonyl (C=O) groups is 1. The normalized spacial score (nSPS) is 16.1. The molecule has 1 heterocycles. The molecule has 1 fully saturated rings. The monoisotopic (exact) mass is 492 g/mol. The Morgan fingerprint density at radius 3 is 2.40 bits per heavy atom. The van der Waals surface area contributed by atoms with Gasteiger partial charge in [0.25, 0.3) is 0 Å². The summed E-state index contributed by atoms with van der Waals surface area (Å²) in [5.74, 6) is 1.27. The second-order valence-corrected chi connectivity index (χ2v) is 11.7. The first kappa shape index (κ1) is 23.4. The minimum atomic E-state index is -3.85. The van der Waals surface area contributed by atoms with Gasteiger partial charge in [-0.05, 0) is 76.9 Å². The summed E-state index contributed by atoms with van der Waals surface area (Å²) in [6.45, 7) is 6.46.